The van der Waals surface area contributed by atoms with Crippen molar-refractivity contribution in [1.82, 2.24) is 4.90 Å². The van der Waals surface area contributed by atoms with Gasteiger partial charge in [-0.1, -0.05) is 12.1 Å². The first kappa shape index (κ1) is 21.5. The number of likely N-dealkylation sites (tertiary alicyclic amines) is 1. The quantitative estimate of drug-likeness (QED) is 0.646. The lowest BCUT2D eigenvalue weighted by Gasteiger charge is -2.31. The van der Waals surface area contributed by atoms with E-state index >= 15 is 0 Å². The van der Waals surface area contributed by atoms with Gasteiger partial charge >= 0.3 is 0 Å². The smallest absolute Gasteiger partial charge is 0.176 e. The lowest BCUT2D eigenvalue weighted by Crippen LogP contribution is -2.38. The van der Waals surface area contributed by atoms with Crippen molar-refractivity contribution in [2.45, 2.75) is 19.4 Å². The summed E-state index contributed by atoms with van der Waals surface area (Å²) in [5, 5.41) is 0. The molecule has 0 N–H and O–H groups in total. The molecule has 2 aromatic carbocycles. The first-order valence-corrected chi connectivity index (χ1v) is 8.93. The molecule has 0 atom stereocenters. The second-order valence-corrected chi connectivity index (χ2v) is 6.79. The molecule has 6 heteroatoms. The van der Waals surface area contributed by atoms with Crippen LogP contribution >= 0.6 is 12.4 Å². The Labute approximate surface area is 164 Å². The number of halogens is 3. The first-order valence-electron chi connectivity index (χ1n) is 8.93. The Balaban J connectivity index is 0.00000261. The number of carbonyl (C=O) groups excluding carboxylic acids is 1. The second-order valence-electron chi connectivity index (χ2n) is 6.79. The van der Waals surface area contributed by atoms with Crippen molar-refractivity contribution in [3.8, 4) is 0 Å². The minimum Gasteiger partial charge on any atom is -0.376 e. The summed E-state index contributed by atoms with van der Waals surface area (Å²) in [7, 11) is 0. The minimum atomic E-state index is -0.331. The maximum absolute atomic E-state index is 12.9. The lowest BCUT2D eigenvalue weighted by atomic mass is 9.97. The average Bonchev–Trinajstić information content (AvgIpc) is 2.65. The molecule has 0 aromatic heterocycles. The van der Waals surface area contributed by atoms with Crippen LogP contribution in [0, 0.1) is 17.6 Å². The van der Waals surface area contributed by atoms with Crippen molar-refractivity contribution < 1.29 is 18.3 Å². The molecule has 1 saturated heterocycles. The number of piperidine rings is 1. The molecule has 1 aliphatic heterocycles. The third kappa shape index (κ3) is 6.69. The summed E-state index contributed by atoms with van der Waals surface area (Å²) in [6, 6.07) is 12.1. The fourth-order valence-electron chi connectivity index (χ4n) is 3.17. The van der Waals surface area contributed by atoms with Gasteiger partial charge in [-0.3, -0.25) is 9.69 Å². The van der Waals surface area contributed by atoms with Crippen LogP contribution in [0.1, 0.15) is 28.8 Å². The summed E-state index contributed by atoms with van der Waals surface area (Å²) in [6.07, 6.45) is 1.97. The second kappa shape index (κ2) is 10.5. The van der Waals surface area contributed by atoms with Gasteiger partial charge < -0.3 is 4.74 Å². The molecule has 3 nitrogen and oxygen atoms in total. The lowest BCUT2D eigenvalue weighted by molar-refractivity contribution is 0.0559. The van der Waals surface area contributed by atoms with Crippen molar-refractivity contribution in [2.75, 3.05) is 26.2 Å². The zero-order chi connectivity index (χ0) is 18.4. The topological polar surface area (TPSA) is 29.5 Å². The van der Waals surface area contributed by atoms with Crippen molar-refractivity contribution in [3.05, 3.63) is 71.3 Å². The highest BCUT2D eigenvalue weighted by atomic mass is 35.5. The molecular weight excluding hydrogens is 372 g/mol. The van der Waals surface area contributed by atoms with E-state index in [1.807, 2.05) is 0 Å². The van der Waals surface area contributed by atoms with Gasteiger partial charge in [0.1, 0.15) is 11.6 Å². The normalized spacial score (nSPS) is 15.3. The van der Waals surface area contributed by atoms with Crippen LogP contribution in [0.2, 0.25) is 0 Å². The summed E-state index contributed by atoms with van der Waals surface area (Å²) in [6.45, 7) is 3.25. The molecule has 0 bridgehead atoms. The molecule has 27 heavy (non-hydrogen) atoms. The van der Waals surface area contributed by atoms with Gasteiger partial charge in [0.05, 0.1) is 13.2 Å². The average molecular weight is 396 g/mol. The molecule has 146 valence electrons. The number of hydrogen-bond acceptors (Lipinski definition) is 3. The van der Waals surface area contributed by atoms with E-state index < -0.39 is 0 Å². The molecule has 0 saturated carbocycles. The molecular formula is C21H24ClF2NO2. The van der Waals surface area contributed by atoms with Crippen LogP contribution in [-0.4, -0.2) is 36.9 Å². The van der Waals surface area contributed by atoms with Crippen molar-refractivity contribution >= 4 is 18.2 Å². The third-order valence-electron chi connectivity index (χ3n) is 4.78. The van der Waals surface area contributed by atoms with E-state index in [-0.39, 0.29) is 29.8 Å². The number of carbonyl (C=O) groups is 1. The van der Waals surface area contributed by atoms with Crippen LogP contribution in [0.5, 0.6) is 0 Å². The maximum atomic E-state index is 12.9. The van der Waals surface area contributed by atoms with Gasteiger partial charge in [0.25, 0.3) is 0 Å². The van der Waals surface area contributed by atoms with Gasteiger partial charge in [-0.25, -0.2) is 8.78 Å². The molecule has 1 fully saturated rings. The summed E-state index contributed by atoms with van der Waals surface area (Å²) >= 11 is 0. The van der Waals surface area contributed by atoms with Crippen molar-refractivity contribution in [1.29, 1.82) is 0 Å². The van der Waals surface area contributed by atoms with Gasteiger partial charge in [0.15, 0.2) is 5.78 Å². The highest BCUT2D eigenvalue weighted by Gasteiger charge is 2.21. The van der Waals surface area contributed by atoms with E-state index in [4.69, 9.17) is 4.74 Å². The monoisotopic (exact) mass is 395 g/mol. The molecule has 1 aliphatic rings. The highest BCUT2D eigenvalue weighted by Crippen LogP contribution is 2.18. The third-order valence-corrected chi connectivity index (χ3v) is 4.78. The SMILES string of the molecule is Cl.O=C(CN1CCC(COCc2ccc(F)cc2)CC1)c1ccc(F)cc1. The van der Waals surface area contributed by atoms with E-state index in [2.05, 4.69) is 4.90 Å². The van der Waals surface area contributed by atoms with Gasteiger partial charge in [0.2, 0.25) is 0 Å². The number of ketones is 1. The summed E-state index contributed by atoms with van der Waals surface area (Å²) in [5.74, 6) is -0.0667. The van der Waals surface area contributed by atoms with Gasteiger partial charge in [-0.05, 0) is 73.8 Å². The van der Waals surface area contributed by atoms with E-state index in [0.29, 0.717) is 31.2 Å². The fraction of sp³-hybridized carbons (Fsp3) is 0.381. The number of hydrogen-bond donors (Lipinski definition) is 0. The first-order chi connectivity index (χ1) is 12.6. The zero-order valence-corrected chi connectivity index (χ0v) is 15.9. The standard InChI is InChI=1S/C21H23F2NO2.ClH/c22-19-5-1-16(2-6-19)14-26-15-17-9-11-24(12-10-17)13-21(25)18-3-7-20(23)8-4-18;/h1-8,17H,9-15H2;1H. The molecule has 2 aromatic rings. The summed E-state index contributed by atoms with van der Waals surface area (Å²) in [4.78, 5) is 14.4. The number of ether oxygens (including phenoxy) is 1. The molecule has 0 spiro atoms. The molecule has 3 rings (SSSR count). The van der Waals surface area contributed by atoms with E-state index in [0.717, 1.165) is 31.5 Å². The fourth-order valence-corrected chi connectivity index (χ4v) is 3.17. The van der Waals surface area contributed by atoms with Crippen LogP contribution < -0.4 is 0 Å². The van der Waals surface area contributed by atoms with Crippen LogP contribution in [0.4, 0.5) is 8.78 Å². The van der Waals surface area contributed by atoms with E-state index in [1.54, 1.807) is 12.1 Å². The largest absolute Gasteiger partial charge is 0.376 e. The summed E-state index contributed by atoms with van der Waals surface area (Å²) < 4.78 is 31.5. The Morgan fingerprint density at radius 3 is 2.11 bits per heavy atom. The van der Waals surface area contributed by atoms with Gasteiger partial charge in [-0.2, -0.15) is 0 Å². The minimum absolute atomic E-state index is 0. The number of benzene rings is 2. The predicted octanol–water partition coefficient (Wildman–Crippen LogP) is 4.50. The number of rotatable bonds is 7. The summed E-state index contributed by atoms with van der Waals surface area (Å²) in [5.41, 5.74) is 1.52. The molecule has 1 heterocycles. The number of Topliss-reactive ketones (excluding diaryl/α,β-unsaturated/α-hetero) is 1. The Morgan fingerprint density at radius 1 is 0.963 bits per heavy atom. The molecule has 0 radical (unpaired) electrons. The van der Waals surface area contributed by atoms with Crippen LogP contribution in [0.3, 0.4) is 0 Å². The van der Waals surface area contributed by atoms with Crippen molar-refractivity contribution in [2.24, 2.45) is 5.92 Å². The number of nitrogens with zero attached hydrogens (tertiary/aromatic N) is 1. The zero-order valence-electron chi connectivity index (χ0n) is 15.1. The Hall–Kier alpha value is -1.82. The Morgan fingerprint density at radius 2 is 1.52 bits per heavy atom. The van der Waals surface area contributed by atoms with Gasteiger partial charge in [-0.15, -0.1) is 12.4 Å². The maximum Gasteiger partial charge on any atom is 0.176 e. The van der Waals surface area contributed by atoms with Gasteiger partial charge in [0, 0.05) is 12.2 Å². The van der Waals surface area contributed by atoms with Crippen molar-refractivity contribution in [3.63, 3.8) is 0 Å². The molecule has 0 amide bonds. The highest BCUT2D eigenvalue weighted by molar-refractivity contribution is 5.97. The predicted molar refractivity (Wildman–Crippen MR) is 103 cm³/mol. The van der Waals surface area contributed by atoms with Crippen LogP contribution in [-0.2, 0) is 11.3 Å². The Kier molecular flexibility index (Phi) is 8.35. The van der Waals surface area contributed by atoms with E-state index in [1.165, 1.54) is 36.4 Å². The van der Waals surface area contributed by atoms with Crippen LogP contribution in [0.15, 0.2) is 48.5 Å². The Bertz CT molecular complexity index is 714. The molecule has 0 aliphatic carbocycles. The van der Waals surface area contributed by atoms with Crippen LogP contribution in [0.25, 0.3) is 0 Å². The molecule has 0 unspecified atom stereocenters. The van der Waals surface area contributed by atoms with E-state index in [9.17, 15) is 13.6 Å².